The van der Waals surface area contributed by atoms with Crippen LogP contribution in [0.2, 0.25) is 0 Å². The van der Waals surface area contributed by atoms with Gasteiger partial charge in [0.1, 0.15) is 11.6 Å². The lowest BCUT2D eigenvalue weighted by Crippen LogP contribution is -2.42. The number of carbonyl (C=O) groups is 3. The third-order valence-electron chi connectivity index (χ3n) is 8.40. The van der Waals surface area contributed by atoms with Crippen molar-refractivity contribution in [3.8, 4) is 5.75 Å². The Hall–Kier alpha value is -4.61. The molecule has 2 aromatic carbocycles. The molecule has 2 atom stereocenters. The van der Waals surface area contributed by atoms with E-state index >= 15 is 0 Å². The van der Waals surface area contributed by atoms with E-state index in [0.29, 0.717) is 25.2 Å². The van der Waals surface area contributed by atoms with E-state index < -0.39 is 49.2 Å². The smallest absolute Gasteiger partial charge is 0.466 e. The molecular weight excluding hydrogens is 875 g/mol. The lowest BCUT2D eigenvalue weighted by atomic mass is 10.0. The van der Waals surface area contributed by atoms with Crippen LogP contribution in [0, 0.1) is 17.5 Å². The van der Waals surface area contributed by atoms with Gasteiger partial charge in [-0.25, -0.2) is 17.7 Å². The molecule has 8 N–H and O–H groups in total. The Morgan fingerprint density at radius 1 is 1.02 bits per heavy atom. The summed E-state index contributed by atoms with van der Waals surface area (Å²) in [6, 6.07) is 12.0. The topological polar surface area (TPSA) is 255 Å². The Morgan fingerprint density at radius 2 is 1.65 bits per heavy atom. The van der Waals surface area contributed by atoms with E-state index in [1.807, 2.05) is 36.5 Å². The quantitative estimate of drug-likeness (QED) is 0.0816. The maximum atomic E-state index is 13.7. The fraction of sp³-hybridized carbons (Fsp3) is 0.371. The number of aromatic nitrogens is 4. The number of nitrogens with two attached hydrogens (primary N) is 1. The van der Waals surface area contributed by atoms with Crippen LogP contribution in [0.25, 0.3) is 0 Å². The van der Waals surface area contributed by atoms with Gasteiger partial charge in [0, 0.05) is 49.9 Å². The molecule has 4 aromatic rings. The summed E-state index contributed by atoms with van der Waals surface area (Å²) in [5.41, 5.74) is 8.90. The number of phosphoric acid groups is 1. The fourth-order valence-electron chi connectivity index (χ4n) is 5.56. The molecule has 2 aliphatic heterocycles. The first-order chi connectivity index (χ1) is 27.2. The highest BCUT2D eigenvalue weighted by Gasteiger charge is 2.40. The Morgan fingerprint density at radius 3 is 2.22 bits per heavy atom. The van der Waals surface area contributed by atoms with Gasteiger partial charge >= 0.3 is 14.0 Å². The van der Waals surface area contributed by atoms with Crippen LogP contribution in [0.4, 0.5) is 31.1 Å². The average molecular weight is 916 g/mol. The fourth-order valence-corrected chi connectivity index (χ4v) is 6.42. The molecule has 2 aromatic heterocycles. The average Bonchev–Trinajstić information content (AvgIpc) is 3.72. The van der Waals surface area contributed by atoms with E-state index in [2.05, 4.69) is 33.5 Å². The van der Waals surface area contributed by atoms with Crippen molar-refractivity contribution in [1.29, 1.82) is 0 Å². The number of ether oxygens (including phenoxy) is 1. The number of fused-ring (bicyclic) bond motifs is 1. The summed E-state index contributed by atoms with van der Waals surface area (Å²) in [5.74, 6) is -4.57. The van der Waals surface area contributed by atoms with Crippen LogP contribution >= 0.6 is 32.0 Å². The van der Waals surface area contributed by atoms with Gasteiger partial charge in [0.2, 0.25) is 17.6 Å². The predicted octanol–water partition coefficient (Wildman–Crippen LogP) is 3.84. The highest BCUT2D eigenvalue weighted by atomic mass is 35.5. The minimum atomic E-state index is -4.64. The lowest BCUT2D eigenvalue weighted by molar-refractivity contribution is -0.148. The van der Waals surface area contributed by atoms with Crippen LogP contribution in [0.5, 0.6) is 5.75 Å². The summed E-state index contributed by atoms with van der Waals surface area (Å²) >= 11 is 1.05. The van der Waals surface area contributed by atoms with Crippen LogP contribution in [0.15, 0.2) is 54.7 Å². The number of halogens is 7. The number of hydrogen-bond donors (Lipinski definition) is 5. The van der Waals surface area contributed by atoms with Crippen LogP contribution in [-0.4, -0.2) is 86.3 Å². The highest BCUT2D eigenvalue weighted by Crippen LogP contribution is 2.30. The van der Waals surface area contributed by atoms with Crippen LogP contribution in [-0.2, 0) is 59.1 Å². The molecule has 330 valence electrons. The largest absolute Gasteiger partial charge is 0.493 e. The van der Waals surface area contributed by atoms with E-state index in [1.165, 1.54) is 10.5 Å². The number of rotatable bonds is 11. The summed E-state index contributed by atoms with van der Waals surface area (Å²) < 4.78 is 93.9. The molecule has 0 radical (unpaired) electrons. The minimum Gasteiger partial charge on any atom is -0.493 e. The molecule has 4 heterocycles. The number of amides is 3. The highest BCUT2D eigenvalue weighted by molar-refractivity contribution is 8.15. The number of pyridine rings is 1. The number of thioether (sulfide) groups is 1. The standard InChI is InChI=1S/C19H20N2O3S.C16H15F6N5O.ClH.H3O4P.H2O/c1-2-13-3-6-15(20-12-13)9-10-24-16-7-4-14(5-8-16)11-17-18(22)21-19(23)25-17;17-10-6-12(19)11(18)4-8(10)3-9(23)5-14(28)26-1-2-27-13(7-26)24-25-15(27)16(20,21)22;;1-5(2,3)4;/h3-8,12,17H,2,9-11H2,1H3,(H,21,22,23);4,6,9H,1-3,5,7,23H2;1H;(H3,1,2,3,4);1H2/t;9-;;;/m.1.../s1. The first-order valence-corrected chi connectivity index (χ1v) is 19.8. The SMILES string of the molecule is CCc1ccc(CCOc2ccc(CC3SC(=O)NC3=O)cc2)nc1.Cl.N[C@@H](CC(=O)N1CCn2c(nnc2C(F)(F)F)C1)Cc1cc(F)c(F)cc1F.O.O=P(O)(O)O. The minimum absolute atomic E-state index is 0. The second-order valence-electron chi connectivity index (χ2n) is 12.8. The molecule has 25 heteroatoms. The number of hydrogen-bond acceptors (Lipinski definition) is 10. The Bertz CT molecular complexity index is 2110. The number of aryl methyl sites for hydroxylation is 1. The Balaban J connectivity index is 0.000000362. The third kappa shape index (κ3) is 16.1. The van der Waals surface area contributed by atoms with Crippen molar-refractivity contribution < 1.29 is 70.2 Å². The molecule has 0 bridgehead atoms. The molecule has 16 nitrogen and oxygen atoms in total. The molecule has 0 aliphatic carbocycles. The summed E-state index contributed by atoms with van der Waals surface area (Å²) in [5, 5.41) is 8.29. The van der Waals surface area contributed by atoms with Gasteiger partial charge in [-0.2, -0.15) is 13.2 Å². The van der Waals surface area contributed by atoms with Crippen LogP contribution in [0.3, 0.4) is 0 Å². The zero-order chi connectivity index (χ0) is 42.8. The first kappa shape index (κ1) is 51.5. The number of nitrogens with one attached hydrogen (secondary N) is 1. The number of benzene rings is 2. The second-order valence-corrected chi connectivity index (χ2v) is 15.0. The van der Waals surface area contributed by atoms with Crippen molar-refractivity contribution in [3.63, 3.8) is 0 Å². The number of nitrogens with zero attached hydrogens (tertiary/aromatic N) is 5. The Labute approximate surface area is 348 Å². The van der Waals surface area contributed by atoms with Crippen molar-refractivity contribution in [3.05, 3.63) is 106 Å². The Kier molecular flexibility index (Phi) is 19.6. The molecule has 6 rings (SSSR count). The molecule has 1 unspecified atom stereocenters. The van der Waals surface area contributed by atoms with Gasteiger partial charge in [-0.3, -0.25) is 24.7 Å². The number of imide groups is 1. The van der Waals surface area contributed by atoms with E-state index in [0.717, 1.165) is 46.2 Å². The summed E-state index contributed by atoms with van der Waals surface area (Å²) in [7, 11) is -4.64. The third-order valence-corrected chi connectivity index (χ3v) is 9.38. The van der Waals surface area contributed by atoms with Gasteiger partial charge in [-0.1, -0.05) is 36.9 Å². The number of alkyl halides is 3. The van der Waals surface area contributed by atoms with Gasteiger partial charge < -0.3 is 40.1 Å². The molecule has 0 saturated carbocycles. The van der Waals surface area contributed by atoms with Gasteiger partial charge in [0.05, 0.1) is 18.4 Å². The van der Waals surface area contributed by atoms with Gasteiger partial charge in [0.25, 0.3) is 5.24 Å². The van der Waals surface area contributed by atoms with Crippen LogP contribution < -0.4 is 15.8 Å². The molecule has 3 amide bonds. The summed E-state index contributed by atoms with van der Waals surface area (Å²) in [6.07, 6.45) is -0.912. The van der Waals surface area contributed by atoms with Crippen molar-refractivity contribution in [2.45, 2.75) is 69.6 Å². The van der Waals surface area contributed by atoms with E-state index in [-0.39, 0.29) is 78.1 Å². The van der Waals surface area contributed by atoms with Crippen molar-refractivity contribution in [2.24, 2.45) is 5.73 Å². The maximum absolute atomic E-state index is 13.7. The summed E-state index contributed by atoms with van der Waals surface area (Å²) in [4.78, 5) is 62.4. The van der Waals surface area contributed by atoms with Crippen molar-refractivity contribution in [2.75, 3.05) is 13.2 Å². The molecular formula is C35H41ClF6N7O9PS. The van der Waals surface area contributed by atoms with E-state index in [1.54, 1.807) is 0 Å². The first-order valence-electron chi connectivity index (χ1n) is 17.3. The molecule has 1 saturated heterocycles. The lowest BCUT2D eigenvalue weighted by Gasteiger charge is -2.29. The van der Waals surface area contributed by atoms with Gasteiger partial charge in [0.15, 0.2) is 17.5 Å². The predicted molar refractivity (Wildman–Crippen MR) is 206 cm³/mol. The van der Waals surface area contributed by atoms with Gasteiger partial charge in [-0.05, 0) is 60.2 Å². The number of carbonyl (C=O) groups excluding carboxylic acids is 3. The molecule has 60 heavy (non-hydrogen) atoms. The molecule has 2 aliphatic rings. The monoisotopic (exact) mass is 915 g/mol. The van der Waals surface area contributed by atoms with Crippen molar-refractivity contribution in [1.82, 2.24) is 30.0 Å². The molecule has 1 fully saturated rings. The summed E-state index contributed by atoms with van der Waals surface area (Å²) in [6.45, 7) is 2.37. The maximum Gasteiger partial charge on any atom is 0.466 e. The van der Waals surface area contributed by atoms with Crippen molar-refractivity contribution >= 4 is 49.0 Å². The zero-order valence-corrected chi connectivity index (χ0v) is 34.0. The van der Waals surface area contributed by atoms with Crippen LogP contribution in [0.1, 0.15) is 47.4 Å². The normalized spacial score (nSPS) is 15.2. The van der Waals surface area contributed by atoms with Gasteiger partial charge in [-0.15, -0.1) is 22.6 Å². The zero-order valence-electron chi connectivity index (χ0n) is 31.4. The second kappa shape index (κ2) is 22.8. The molecule has 0 spiro atoms. The van der Waals surface area contributed by atoms with E-state index in [9.17, 15) is 40.7 Å². The van der Waals surface area contributed by atoms with E-state index in [4.69, 9.17) is 29.7 Å².